The van der Waals surface area contributed by atoms with E-state index >= 15 is 0 Å². The number of carbonyl (C=O) groups is 2. The second kappa shape index (κ2) is 40.8. The summed E-state index contributed by atoms with van der Waals surface area (Å²) in [5.41, 5.74) is 0.844. The predicted octanol–water partition coefficient (Wildman–Crippen LogP) is 16.9. The van der Waals surface area contributed by atoms with Crippen LogP contribution in [0.15, 0.2) is 24.3 Å². The maximum Gasteiger partial charge on any atom is 0.338 e. The Balaban J connectivity index is 1.90. The van der Waals surface area contributed by atoms with Gasteiger partial charge in [0.25, 0.3) is 0 Å². The molecule has 0 atom stereocenters. The van der Waals surface area contributed by atoms with Crippen molar-refractivity contribution in [2.45, 2.75) is 258 Å². The highest BCUT2D eigenvalue weighted by Gasteiger charge is 2.12. The van der Waals surface area contributed by atoms with E-state index in [0.29, 0.717) is 24.3 Å². The van der Waals surface area contributed by atoms with Crippen LogP contribution < -0.4 is 0 Å². The molecule has 314 valence electrons. The van der Waals surface area contributed by atoms with Crippen LogP contribution >= 0.6 is 0 Å². The Labute approximate surface area is 336 Å². The SMILES string of the molecule is CCCCCCCCCCCCCCCCCCCCCOC(=O)c1cccc(C(=O)OCCCCCCCCCCCCCCCCCCCCC)c1. The molecule has 4 heteroatoms. The van der Waals surface area contributed by atoms with Gasteiger partial charge in [-0.2, -0.15) is 0 Å². The first-order valence-corrected chi connectivity index (χ1v) is 24.1. The molecule has 1 rings (SSSR count). The quantitative estimate of drug-likeness (QED) is 0.0493. The number of hydrogen-bond acceptors (Lipinski definition) is 4. The fourth-order valence-corrected chi connectivity index (χ4v) is 7.63. The Bertz CT molecular complexity index is 871. The highest BCUT2D eigenvalue weighted by Crippen LogP contribution is 2.17. The zero-order valence-corrected chi connectivity index (χ0v) is 36.2. The fourth-order valence-electron chi connectivity index (χ4n) is 7.63. The summed E-state index contributed by atoms with van der Waals surface area (Å²) in [7, 11) is 0. The number of hydrogen-bond donors (Lipinski definition) is 0. The predicted molar refractivity (Wildman–Crippen MR) is 234 cm³/mol. The smallest absolute Gasteiger partial charge is 0.338 e. The number of benzene rings is 1. The van der Waals surface area contributed by atoms with Crippen LogP contribution in [0.3, 0.4) is 0 Å². The minimum atomic E-state index is -0.356. The lowest BCUT2D eigenvalue weighted by Crippen LogP contribution is -2.10. The lowest BCUT2D eigenvalue weighted by atomic mass is 10.0. The number of ether oxygens (including phenoxy) is 2. The van der Waals surface area contributed by atoms with E-state index in [1.807, 2.05) is 0 Å². The summed E-state index contributed by atoms with van der Waals surface area (Å²) in [4.78, 5) is 25.2. The highest BCUT2D eigenvalue weighted by molar-refractivity contribution is 5.95. The van der Waals surface area contributed by atoms with Gasteiger partial charge in [-0.25, -0.2) is 9.59 Å². The number of esters is 2. The molecule has 0 radical (unpaired) electrons. The van der Waals surface area contributed by atoms with E-state index in [-0.39, 0.29) is 11.9 Å². The van der Waals surface area contributed by atoms with E-state index in [1.54, 1.807) is 24.3 Å². The van der Waals surface area contributed by atoms with Crippen LogP contribution in [0.25, 0.3) is 0 Å². The fraction of sp³-hybridized carbons (Fsp3) is 0.840. The van der Waals surface area contributed by atoms with Gasteiger partial charge < -0.3 is 9.47 Å². The summed E-state index contributed by atoms with van der Waals surface area (Å²) in [6.45, 7) is 5.45. The van der Waals surface area contributed by atoms with Crippen LogP contribution in [-0.4, -0.2) is 25.2 Å². The van der Waals surface area contributed by atoms with Crippen molar-refractivity contribution in [1.82, 2.24) is 0 Å². The average Bonchev–Trinajstić information content (AvgIpc) is 3.19. The average molecular weight is 755 g/mol. The second-order valence-corrected chi connectivity index (χ2v) is 16.6. The van der Waals surface area contributed by atoms with Crippen molar-refractivity contribution < 1.29 is 19.1 Å². The van der Waals surface area contributed by atoms with Crippen molar-refractivity contribution in [2.24, 2.45) is 0 Å². The van der Waals surface area contributed by atoms with Crippen molar-refractivity contribution in [3.63, 3.8) is 0 Å². The third-order valence-electron chi connectivity index (χ3n) is 11.3. The number of unbranched alkanes of at least 4 members (excludes halogenated alkanes) is 36. The lowest BCUT2D eigenvalue weighted by molar-refractivity contribution is 0.0496. The van der Waals surface area contributed by atoms with Gasteiger partial charge in [-0.05, 0) is 31.0 Å². The summed E-state index contributed by atoms with van der Waals surface area (Å²) >= 11 is 0. The van der Waals surface area contributed by atoms with E-state index in [0.717, 1.165) is 25.7 Å². The molecule has 0 spiro atoms. The molecular weight excluding hydrogens is 665 g/mol. The minimum Gasteiger partial charge on any atom is -0.462 e. The summed E-state index contributed by atoms with van der Waals surface area (Å²) in [6.07, 6.45) is 51.1. The Morgan fingerprint density at radius 2 is 0.537 bits per heavy atom. The molecule has 0 aromatic heterocycles. The summed E-state index contributed by atoms with van der Waals surface area (Å²) < 4.78 is 11.0. The third-order valence-corrected chi connectivity index (χ3v) is 11.3. The van der Waals surface area contributed by atoms with Gasteiger partial charge in [0.1, 0.15) is 0 Å². The van der Waals surface area contributed by atoms with Gasteiger partial charge >= 0.3 is 11.9 Å². The number of carbonyl (C=O) groups excluding carboxylic acids is 2. The Kier molecular flexibility index (Phi) is 37.9. The first-order chi connectivity index (χ1) is 26.7. The Hall–Kier alpha value is -1.84. The van der Waals surface area contributed by atoms with Gasteiger partial charge in [0, 0.05) is 0 Å². The summed E-state index contributed by atoms with van der Waals surface area (Å²) in [5, 5.41) is 0. The van der Waals surface area contributed by atoms with E-state index in [1.165, 1.54) is 218 Å². The molecule has 54 heavy (non-hydrogen) atoms. The van der Waals surface area contributed by atoms with Gasteiger partial charge in [-0.15, -0.1) is 0 Å². The summed E-state index contributed by atoms with van der Waals surface area (Å²) in [5.74, 6) is -0.711. The molecule has 1 aromatic carbocycles. The molecule has 0 unspecified atom stereocenters. The van der Waals surface area contributed by atoms with E-state index < -0.39 is 0 Å². The van der Waals surface area contributed by atoms with Crippen molar-refractivity contribution in [3.05, 3.63) is 35.4 Å². The van der Waals surface area contributed by atoms with Crippen LogP contribution in [0.4, 0.5) is 0 Å². The van der Waals surface area contributed by atoms with Crippen LogP contribution in [-0.2, 0) is 9.47 Å². The largest absolute Gasteiger partial charge is 0.462 e. The molecule has 0 fully saturated rings. The van der Waals surface area contributed by atoms with E-state index in [2.05, 4.69) is 13.8 Å². The maximum absolute atomic E-state index is 12.6. The molecule has 0 aliphatic heterocycles. The minimum absolute atomic E-state index is 0.356. The molecule has 0 aliphatic rings. The molecule has 0 bridgehead atoms. The number of rotatable bonds is 42. The van der Waals surface area contributed by atoms with Crippen LogP contribution in [0.5, 0.6) is 0 Å². The van der Waals surface area contributed by atoms with Crippen LogP contribution in [0.1, 0.15) is 279 Å². The molecule has 0 heterocycles. The third kappa shape index (κ3) is 33.5. The molecular formula is C50H90O4. The van der Waals surface area contributed by atoms with Crippen molar-refractivity contribution in [1.29, 1.82) is 0 Å². The van der Waals surface area contributed by atoms with E-state index in [9.17, 15) is 9.59 Å². The van der Waals surface area contributed by atoms with Crippen LogP contribution in [0.2, 0.25) is 0 Å². The molecule has 4 nitrogen and oxygen atoms in total. The zero-order chi connectivity index (χ0) is 38.8. The first-order valence-electron chi connectivity index (χ1n) is 24.1. The topological polar surface area (TPSA) is 52.6 Å². The van der Waals surface area contributed by atoms with Crippen molar-refractivity contribution in [2.75, 3.05) is 13.2 Å². The molecule has 0 aliphatic carbocycles. The Morgan fingerprint density at radius 1 is 0.333 bits per heavy atom. The monoisotopic (exact) mass is 755 g/mol. The molecule has 0 N–H and O–H groups in total. The summed E-state index contributed by atoms with van der Waals surface area (Å²) in [6, 6.07) is 6.78. The van der Waals surface area contributed by atoms with Crippen LogP contribution in [0, 0.1) is 0 Å². The zero-order valence-electron chi connectivity index (χ0n) is 36.2. The van der Waals surface area contributed by atoms with Gasteiger partial charge in [-0.1, -0.05) is 251 Å². The maximum atomic E-state index is 12.6. The van der Waals surface area contributed by atoms with Gasteiger partial charge in [0.2, 0.25) is 0 Å². The lowest BCUT2D eigenvalue weighted by Gasteiger charge is -2.08. The second-order valence-electron chi connectivity index (χ2n) is 16.6. The molecule has 0 amide bonds. The highest BCUT2D eigenvalue weighted by atomic mass is 16.5. The molecule has 1 aromatic rings. The van der Waals surface area contributed by atoms with Gasteiger partial charge in [-0.3, -0.25) is 0 Å². The standard InChI is InChI=1S/C50H90O4/c1-3-5-7-9-11-13-15-17-19-21-23-25-27-29-31-33-35-37-39-44-53-49(51)47-42-41-43-48(46-47)50(52)54-45-40-38-36-34-32-30-28-26-24-22-20-18-16-14-12-10-8-6-4-2/h41-43,46H,3-40,44-45H2,1-2H3. The van der Waals surface area contributed by atoms with Gasteiger partial charge in [0.05, 0.1) is 24.3 Å². The van der Waals surface area contributed by atoms with Crippen molar-refractivity contribution >= 4 is 11.9 Å². The molecule has 0 saturated carbocycles. The van der Waals surface area contributed by atoms with E-state index in [4.69, 9.17) is 9.47 Å². The first kappa shape index (κ1) is 50.2. The van der Waals surface area contributed by atoms with Crippen molar-refractivity contribution in [3.8, 4) is 0 Å². The van der Waals surface area contributed by atoms with Gasteiger partial charge in [0.15, 0.2) is 0 Å². The normalized spacial score (nSPS) is 11.3. The Morgan fingerprint density at radius 3 is 0.759 bits per heavy atom. The molecule has 0 saturated heterocycles.